The van der Waals surface area contributed by atoms with E-state index in [1.54, 1.807) is 53.1 Å². The van der Waals surface area contributed by atoms with Crippen molar-refractivity contribution in [2.75, 3.05) is 20.3 Å². The number of nitrogens with one attached hydrogen (secondary N) is 3. The molecular weight excluding hydrogens is 755 g/mol. The highest BCUT2D eigenvalue weighted by atomic mass is 32.2. The third-order valence-corrected chi connectivity index (χ3v) is 13.7. The summed E-state index contributed by atoms with van der Waals surface area (Å²) in [5, 5.41) is 7.04. The highest BCUT2D eigenvalue weighted by molar-refractivity contribution is 7.91. The number of amides is 4. The smallest absolute Gasteiger partial charge is 0.408 e. The maximum Gasteiger partial charge on any atom is 0.408 e. The lowest BCUT2D eigenvalue weighted by molar-refractivity contribution is -0.142. The van der Waals surface area contributed by atoms with Crippen LogP contribution in [0.25, 0.3) is 10.8 Å². The van der Waals surface area contributed by atoms with Crippen molar-refractivity contribution in [1.29, 1.82) is 0 Å². The van der Waals surface area contributed by atoms with Crippen LogP contribution in [-0.4, -0.2) is 96.5 Å². The van der Waals surface area contributed by atoms with E-state index in [1.807, 2.05) is 32.1 Å². The van der Waals surface area contributed by atoms with Crippen LogP contribution in [0.2, 0.25) is 0 Å². The number of methoxy groups -OCH3 is 1. The highest BCUT2D eigenvalue weighted by Gasteiger charge is 2.63. The molecule has 16 heteroatoms. The van der Waals surface area contributed by atoms with E-state index in [0.29, 0.717) is 54.6 Å². The van der Waals surface area contributed by atoms with Crippen molar-refractivity contribution in [3.8, 4) is 17.4 Å². The van der Waals surface area contributed by atoms with Crippen LogP contribution in [0.15, 0.2) is 36.5 Å². The summed E-state index contributed by atoms with van der Waals surface area (Å²) in [6, 6.07) is 3.17. The minimum Gasteiger partial charge on any atom is -0.497 e. The molecular formula is C41H57N5O10S. The fourth-order valence-corrected chi connectivity index (χ4v) is 9.16. The van der Waals surface area contributed by atoms with Gasteiger partial charge in [-0.05, 0) is 103 Å². The minimum absolute atomic E-state index is 0.0165. The predicted octanol–water partition coefficient (Wildman–Crippen LogP) is 4.77. The molecule has 1 saturated heterocycles. The van der Waals surface area contributed by atoms with Gasteiger partial charge in [-0.2, -0.15) is 0 Å². The number of carbonyl (C=O) groups is 4. The zero-order valence-electron chi connectivity index (χ0n) is 34.2. The third-order valence-electron chi connectivity index (χ3n) is 11.5. The second-order valence-electron chi connectivity index (χ2n) is 17.4. The van der Waals surface area contributed by atoms with E-state index < -0.39 is 73.8 Å². The molecule has 312 valence electrons. The molecule has 2 aromatic rings. The van der Waals surface area contributed by atoms with Crippen molar-refractivity contribution in [1.82, 2.24) is 25.2 Å². The Kier molecular flexibility index (Phi) is 11.8. The fourth-order valence-electron chi connectivity index (χ4n) is 7.85. The fraction of sp³-hybridized carbons (Fsp3) is 0.634. The van der Waals surface area contributed by atoms with E-state index in [-0.39, 0.29) is 37.1 Å². The van der Waals surface area contributed by atoms with E-state index in [0.717, 1.165) is 6.42 Å². The molecule has 6 rings (SSSR count). The van der Waals surface area contributed by atoms with Crippen LogP contribution in [-0.2, 0) is 29.1 Å². The van der Waals surface area contributed by atoms with Crippen molar-refractivity contribution in [3.05, 3.63) is 36.5 Å². The zero-order valence-corrected chi connectivity index (χ0v) is 35.0. The van der Waals surface area contributed by atoms with Gasteiger partial charge >= 0.3 is 6.09 Å². The normalized spacial score (nSPS) is 29.4. The Morgan fingerprint density at radius 1 is 1.11 bits per heavy atom. The van der Waals surface area contributed by atoms with Gasteiger partial charge in [0.15, 0.2) is 0 Å². The molecule has 4 amide bonds. The zero-order chi connectivity index (χ0) is 41.5. The first-order chi connectivity index (χ1) is 26.8. The number of allylic oxidation sites excluding steroid dienone is 1. The average molecular weight is 812 g/mol. The number of hydrogen-bond acceptors (Lipinski definition) is 11. The number of rotatable bonds is 9. The van der Waals surface area contributed by atoms with Crippen molar-refractivity contribution < 1.29 is 46.5 Å². The molecule has 4 aliphatic rings. The maximum absolute atomic E-state index is 14.8. The van der Waals surface area contributed by atoms with Gasteiger partial charge in [0, 0.05) is 23.1 Å². The second-order valence-corrected chi connectivity index (χ2v) is 19.6. The quantitative estimate of drug-likeness (QED) is 0.296. The molecule has 2 aliphatic carbocycles. The first-order valence-electron chi connectivity index (χ1n) is 19.9. The Morgan fingerprint density at radius 2 is 1.84 bits per heavy atom. The SMILES string of the molecule is CCOc1cnc(O[C@@H]2C[C@H]3C(=O)N[C@]4(C(=O)NS(=O)(=O)C5(C)CC5)C[C@H]4/C=C\CC[C@@H](C)C[C@@H](C)[C@H](NC(=O)OC(C)(C)C)C(=O)N3C2)c2ccc(OC)cc12. The van der Waals surface area contributed by atoms with Gasteiger partial charge in [0.1, 0.15) is 40.8 Å². The van der Waals surface area contributed by atoms with Crippen LogP contribution in [0.1, 0.15) is 93.4 Å². The molecule has 0 unspecified atom stereocenters. The Balaban J connectivity index is 1.36. The van der Waals surface area contributed by atoms with Crippen LogP contribution < -0.4 is 29.6 Å². The maximum atomic E-state index is 14.8. The van der Waals surface area contributed by atoms with Crippen LogP contribution in [0.3, 0.4) is 0 Å². The standard InChI is InChI=1S/C41H57N5O10S/c1-9-54-32-22-42-35(29-15-14-27(53-8)19-30(29)32)55-28-20-31-34(47)44-41(37(49)45-57(51,52)40(7)16-17-40)21-26(41)13-11-10-12-24(2)18-25(3)33(36(48)46(31)23-28)43-38(50)56-39(4,5)6/h11,13-15,19,22,24-26,28,31,33H,9-10,12,16-18,20-21,23H2,1-8H3,(H,43,50)(H,44,47)(H,45,49)/b13-11-/t24-,25-,26-,28-,31+,33+,41-/m1/s1. The Morgan fingerprint density at radius 3 is 2.51 bits per heavy atom. The molecule has 0 bridgehead atoms. The molecule has 3 N–H and O–H groups in total. The van der Waals surface area contributed by atoms with Crippen molar-refractivity contribution in [2.45, 2.75) is 127 Å². The summed E-state index contributed by atoms with van der Waals surface area (Å²) >= 11 is 0. The van der Waals surface area contributed by atoms with E-state index >= 15 is 0 Å². The number of alkyl carbamates (subject to hydrolysis) is 1. The minimum atomic E-state index is -4.01. The molecule has 1 aromatic carbocycles. The van der Waals surface area contributed by atoms with Gasteiger partial charge in [-0.1, -0.05) is 26.0 Å². The first kappa shape index (κ1) is 42.0. The summed E-state index contributed by atoms with van der Waals surface area (Å²) < 4.78 is 51.0. The molecule has 7 atom stereocenters. The molecule has 2 aliphatic heterocycles. The van der Waals surface area contributed by atoms with Crippen molar-refractivity contribution in [3.63, 3.8) is 0 Å². The van der Waals surface area contributed by atoms with Crippen molar-refractivity contribution in [2.24, 2.45) is 17.8 Å². The lowest BCUT2D eigenvalue weighted by Crippen LogP contribution is -2.59. The van der Waals surface area contributed by atoms with Gasteiger partial charge in [0.2, 0.25) is 27.7 Å². The number of nitrogens with zero attached hydrogens (tertiary/aromatic N) is 2. The number of fused-ring (bicyclic) bond motifs is 3. The van der Waals surface area contributed by atoms with Gasteiger partial charge in [0.25, 0.3) is 5.91 Å². The van der Waals surface area contributed by atoms with Gasteiger partial charge < -0.3 is 34.5 Å². The summed E-state index contributed by atoms with van der Waals surface area (Å²) in [5.41, 5.74) is -2.37. The Bertz CT molecular complexity index is 2030. The topological polar surface area (TPSA) is 192 Å². The van der Waals surface area contributed by atoms with Gasteiger partial charge in [-0.25, -0.2) is 18.2 Å². The molecule has 3 heterocycles. The van der Waals surface area contributed by atoms with Crippen LogP contribution in [0.5, 0.6) is 17.4 Å². The number of carbonyl (C=O) groups excluding carboxylic acids is 4. The number of aromatic nitrogens is 1. The number of pyridine rings is 1. The third kappa shape index (κ3) is 9.10. The Hall–Kier alpha value is -4.60. The van der Waals surface area contributed by atoms with E-state index in [2.05, 4.69) is 27.3 Å². The van der Waals surface area contributed by atoms with Gasteiger partial charge in [0.05, 0.1) is 31.2 Å². The molecule has 3 fully saturated rings. The Labute approximate surface area is 335 Å². The lowest BCUT2D eigenvalue weighted by atomic mass is 9.88. The summed E-state index contributed by atoms with van der Waals surface area (Å²) in [6.07, 6.45) is 6.95. The number of sulfonamides is 1. The summed E-state index contributed by atoms with van der Waals surface area (Å²) in [5.74, 6) is -1.25. The molecule has 15 nitrogen and oxygen atoms in total. The monoisotopic (exact) mass is 811 g/mol. The molecule has 0 radical (unpaired) electrons. The number of hydrogen-bond donors (Lipinski definition) is 3. The van der Waals surface area contributed by atoms with Crippen LogP contribution in [0, 0.1) is 17.8 Å². The van der Waals surface area contributed by atoms with Gasteiger partial charge in [-0.15, -0.1) is 0 Å². The first-order valence-corrected chi connectivity index (χ1v) is 21.4. The van der Waals surface area contributed by atoms with Gasteiger partial charge in [-0.3, -0.25) is 19.1 Å². The summed E-state index contributed by atoms with van der Waals surface area (Å²) in [7, 11) is -2.45. The van der Waals surface area contributed by atoms with E-state index in [9.17, 15) is 27.6 Å². The highest BCUT2D eigenvalue weighted by Crippen LogP contribution is 2.48. The van der Waals surface area contributed by atoms with E-state index in [1.165, 1.54) is 4.90 Å². The second kappa shape index (κ2) is 16.0. The summed E-state index contributed by atoms with van der Waals surface area (Å²) in [4.78, 5) is 62.6. The lowest BCUT2D eigenvalue weighted by Gasteiger charge is -2.33. The molecule has 57 heavy (non-hydrogen) atoms. The number of benzene rings is 1. The molecule has 1 aromatic heterocycles. The van der Waals surface area contributed by atoms with Crippen molar-refractivity contribution >= 4 is 44.6 Å². The van der Waals surface area contributed by atoms with Crippen LogP contribution in [0.4, 0.5) is 4.79 Å². The number of ether oxygens (including phenoxy) is 4. The molecule has 2 saturated carbocycles. The summed E-state index contributed by atoms with van der Waals surface area (Å²) in [6.45, 7) is 13.0. The largest absolute Gasteiger partial charge is 0.497 e. The molecule has 0 spiro atoms. The average Bonchev–Trinajstić information content (AvgIpc) is 4.02. The predicted molar refractivity (Wildman–Crippen MR) is 212 cm³/mol. The van der Waals surface area contributed by atoms with E-state index in [4.69, 9.17) is 18.9 Å². The van der Waals surface area contributed by atoms with Crippen LogP contribution >= 0.6 is 0 Å².